The fourth-order valence-corrected chi connectivity index (χ4v) is 4.52. The first-order valence-corrected chi connectivity index (χ1v) is 10.5. The summed E-state index contributed by atoms with van der Waals surface area (Å²) in [4.78, 5) is 19.9. The summed E-state index contributed by atoms with van der Waals surface area (Å²) < 4.78 is 68.1. The maximum atomic E-state index is 13.6. The first-order chi connectivity index (χ1) is 15.4. The number of alkyl halides is 5. The lowest BCUT2D eigenvalue weighted by atomic mass is 9.81. The fraction of sp³-hybridized carbons (Fsp3) is 0.684. The zero-order valence-corrected chi connectivity index (χ0v) is 17.3. The molecule has 9 nitrogen and oxygen atoms in total. The summed E-state index contributed by atoms with van der Waals surface area (Å²) in [7, 11) is 0. The first kappa shape index (κ1) is 23.5. The molecule has 14 heteroatoms. The van der Waals surface area contributed by atoms with Crippen LogP contribution in [0.1, 0.15) is 62.0 Å². The molecule has 182 valence electrons. The van der Waals surface area contributed by atoms with Gasteiger partial charge in [-0.1, -0.05) is 0 Å². The molecule has 0 radical (unpaired) electrons. The smallest absolute Gasteiger partial charge is 0.417 e. The normalized spacial score (nSPS) is 27.4. The first-order valence-electron chi connectivity index (χ1n) is 10.5. The van der Waals surface area contributed by atoms with Crippen molar-refractivity contribution < 1.29 is 37.0 Å². The molecule has 0 spiro atoms. The lowest BCUT2D eigenvalue weighted by Gasteiger charge is -2.38. The van der Waals surface area contributed by atoms with Crippen LogP contribution in [0.3, 0.4) is 0 Å². The van der Waals surface area contributed by atoms with Crippen LogP contribution in [0.15, 0.2) is 12.4 Å². The highest BCUT2D eigenvalue weighted by Crippen LogP contribution is 2.42. The van der Waals surface area contributed by atoms with Crippen molar-refractivity contribution in [3.8, 4) is 0 Å². The predicted molar refractivity (Wildman–Crippen MR) is 103 cm³/mol. The molecule has 1 saturated carbocycles. The van der Waals surface area contributed by atoms with Crippen LogP contribution in [0, 0.1) is 5.92 Å². The van der Waals surface area contributed by atoms with E-state index in [0.717, 1.165) is 0 Å². The summed E-state index contributed by atoms with van der Waals surface area (Å²) in [5.74, 6) is -3.18. The van der Waals surface area contributed by atoms with E-state index in [0.29, 0.717) is 0 Å². The fourth-order valence-electron chi connectivity index (χ4n) is 4.52. The van der Waals surface area contributed by atoms with Gasteiger partial charge >= 0.3 is 12.3 Å². The number of fused-ring (bicyclic) bond motifs is 1. The van der Waals surface area contributed by atoms with Gasteiger partial charge in [0.2, 0.25) is 5.92 Å². The van der Waals surface area contributed by atoms with E-state index in [1.807, 2.05) is 0 Å². The van der Waals surface area contributed by atoms with Crippen LogP contribution in [0.4, 0.5) is 26.7 Å². The molecule has 1 amide bonds. The van der Waals surface area contributed by atoms with Gasteiger partial charge in [0, 0.05) is 19.3 Å². The largest absolute Gasteiger partial charge is 0.465 e. The minimum Gasteiger partial charge on any atom is -0.465 e. The van der Waals surface area contributed by atoms with E-state index in [4.69, 9.17) is 0 Å². The average molecular weight is 478 g/mol. The summed E-state index contributed by atoms with van der Waals surface area (Å²) in [5.41, 5.74) is -2.48. The van der Waals surface area contributed by atoms with Crippen LogP contribution in [0.5, 0.6) is 0 Å². The molecule has 0 bridgehead atoms. The van der Waals surface area contributed by atoms with Crippen molar-refractivity contribution in [2.45, 2.75) is 68.3 Å². The molecule has 2 aromatic heterocycles. The molecule has 0 aromatic carbocycles. The number of carbonyl (C=O) groups is 1. The molecule has 2 fully saturated rings. The minimum absolute atomic E-state index is 0.0174. The average Bonchev–Trinajstić information content (AvgIpc) is 3.14. The molecule has 33 heavy (non-hydrogen) atoms. The van der Waals surface area contributed by atoms with E-state index in [2.05, 4.69) is 25.7 Å². The van der Waals surface area contributed by atoms with E-state index in [9.17, 15) is 37.0 Å². The van der Waals surface area contributed by atoms with Gasteiger partial charge in [-0.25, -0.2) is 28.1 Å². The van der Waals surface area contributed by atoms with Crippen molar-refractivity contribution in [1.29, 1.82) is 0 Å². The van der Waals surface area contributed by atoms with Gasteiger partial charge < -0.3 is 20.8 Å². The van der Waals surface area contributed by atoms with Crippen molar-refractivity contribution in [3.05, 3.63) is 23.8 Å². The number of halogens is 5. The quantitative estimate of drug-likeness (QED) is 0.498. The van der Waals surface area contributed by atoms with Gasteiger partial charge in [-0.15, -0.1) is 0 Å². The SMILES string of the molecule is O=C(O)N[C@H](c1cn2ncc(C3CC(O)(C(F)(F)F)CCN3)nc2n1)C1CCC(F)(F)CC1. The Labute approximate surface area is 184 Å². The number of aliphatic hydroxyl groups is 1. The summed E-state index contributed by atoms with van der Waals surface area (Å²) >= 11 is 0. The van der Waals surface area contributed by atoms with E-state index in [1.54, 1.807) is 0 Å². The van der Waals surface area contributed by atoms with Crippen molar-refractivity contribution >= 4 is 11.9 Å². The monoisotopic (exact) mass is 478 g/mol. The van der Waals surface area contributed by atoms with Crippen molar-refractivity contribution in [2.24, 2.45) is 5.92 Å². The number of imidazole rings is 1. The second-order valence-electron chi connectivity index (χ2n) is 8.70. The number of piperidine rings is 1. The molecule has 1 aliphatic heterocycles. The number of amides is 1. The summed E-state index contributed by atoms with van der Waals surface area (Å²) in [6, 6.07) is -1.79. The summed E-state index contributed by atoms with van der Waals surface area (Å²) in [5, 5.41) is 28.6. The number of nitrogens with one attached hydrogen (secondary N) is 2. The molecule has 3 heterocycles. The standard InChI is InChI=1S/C19H23F5N6O3/c20-18(21)3-1-10(2-4-18)14(29-16(31)32)13-9-30-15(28-13)27-12(8-26-30)11-7-17(33,5-6-25-11)19(22,23)24/h8-11,14,25,29,33H,1-7H2,(H,31,32)/t11?,14-,17?/m0/s1. The minimum atomic E-state index is -4.79. The Morgan fingerprint density at radius 2 is 1.94 bits per heavy atom. The lowest BCUT2D eigenvalue weighted by molar-refractivity contribution is -0.271. The third kappa shape index (κ3) is 4.86. The maximum absolute atomic E-state index is 13.6. The number of aromatic nitrogens is 4. The molecule has 1 saturated heterocycles. The van der Waals surface area contributed by atoms with Crippen LogP contribution in [-0.2, 0) is 0 Å². The van der Waals surface area contributed by atoms with Gasteiger partial charge in [-0.05, 0) is 31.7 Å². The van der Waals surface area contributed by atoms with Crippen LogP contribution in [-0.4, -0.2) is 60.1 Å². The highest BCUT2D eigenvalue weighted by Gasteiger charge is 2.55. The predicted octanol–water partition coefficient (Wildman–Crippen LogP) is 2.98. The van der Waals surface area contributed by atoms with Crippen LogP contribution in [0.2, 0.25) is 0 Å². The van der Waals surface area contributed by atoms with Gasteiger partial charge in [0.05, 0.1) is 35.9 Å². The Bertz CT molecular complexity index is 1020. The Morgan fingerprint density at radius 1 is 1.24 bits per heavy atom. The highest BCUT2D eigenvalue weighted by atomic mass is 19.4. The van der Waals surface area contributed by atoms with Gasteiger partial charge in [0.15, 0.2) is 5.60 Å². The number of hydrogen-bond acceptors (Lipinski definition) is 6. The van der Waals surface area contributed by atoms with Crippen molar-refractivity contribution in [2.75, 3.05) is 6.54 Å². The zero-order chi connectivity index (χ0) is 24.0. The van der Waals surface area contributed by atoms with Crippen molar-refractivity contribution in [3.63, 3.8) is 0 Å². The number of rotatable bonds is 4. The summed E-state index contributed by atoms with van der Waals surface area (Å²) in [6.45, 7) is -0.0792. The second-order valence-corrected chi connectivity index (χ2v) is 8.70. The number of hydrogen-bond donors (Lipinski definition) is 4. The zero-order valence-electron chi connectivity index (χ0n) is 17.3. The van der Waals surface area contributed by atoms with Crippen LogP contribution in [0.25, 0.3) is 5.78 Å². The molecule has 4 rings (SSSR count). The van der Waals surface area contributed by atoms with Gasteiger partial charge in [0.1, 0.15) is 0 Å². The highest BCUT2D eigenvalue weighted by molar-refractivity contribution is 5.65. The molecule has 2 aliphatic rings. The van der Waals surface area contributed by atoms with Crippen LogP contribution < -0.4 is 10.6 Å². The van der Waals surface area contributed by atoms with Gasteiger partial charge in [-0.3, -0.25) is 0 Å². The third-order valence-electron chi connectivity index (χ3n) is 6.42. The second kappa shape index (κ2) is 8.31. The molecular weight excluding hydrogens is 455 g/mol. The van der Waals surface area contributed by atoms with Crippen LogP contribution >= 0.6 is 0 Å². The Morgan fingerprint density at radius 3 is 2.58 bits per heavy atom. The van der Waals surface area contributed by atoms with E-state index < -0.39 is 54.6 Å². The number of nitrogens with zero attached hydrogens (tertiary/aromatic N) is 4. The van der Waals surface area contributed by atoms with Crippen molar-refractivity contribution in [1.82, 2.24) is 30.2 Å². The van der Waals surface area contributed by atoms with Gasteiger partial charge in [0.25, 0.3) is 5.78 Å². The topological polar surface area (TPSA) is 125 Å². The molecule has 1 aliphatic carbocycles. The molecular formula is C19H23F5N6O3. The molecule has 3 atom stereocenters. The Hall–Kier alpha value is -2.61. The van der Waals surface area contributed by atoms with E-state index >= 15 is 0 Å². The molecule has 4 N–H and O–H groups in total. The maximum Gasteiger partial charge on any atom is 0.417 e. The molecule has 2 aromatic rings. The Kier molecular flexibility index (Phi) is 5.93. The lowest BCUT2D eigenvalue weighted by Crippen LogP contribution is -2.53. The summed E-state index contributed by atoms with van der Waals surface area (Å²) in [6.07, 6.45) is -5.13. The van der Waals surface area contributed by atoms with E-state index in [-0.39, 0.29) is 49.4 Å². The number of carboxylic acid groups (broad SMARTS) is 1. The Balaban J connectivity index is 1.59. The van der Waals surface area contributed by atoms with Gasteiger partial charge in [-0.2, -0.15) is 18.3 Å². The van der Waals surface area contributed by atoms with E-state index in [1.165, 1.54) is 16.9 Å². The third-order valence-corrected chi connectivity index (χ3v) is 6.42. The molecule has 2 unspecified atom stereocenters.